The average molecular weight is 321 g/mol. The van der Waals surface area contributed by atoms with Crippen molar-refractivity contribution < 1.29 is 13.9 Å². The lowest BCUT2D eigenvalue weighted by Crippen LogP contribution is -2.24. The standard InChI is InChI=1S/C20H19NO3/c22-20(24-15-17-7-2-1-3-8-17)21-12-5-4-6-16-9-10-19-18(14-16)11-13-23-19/h1-4,6-11,13-14H,5,12,15H2,(H,21,22). The highest BCUT2D eigenvalue weighted by Crippen LogP contribution is 2.17. The molecule has 24 heavy (non-hydrogen) atoms. The van der Waals surface area contributed by atoms with Crippen LogP contribution in [0.4, 0.5) is 4.79 Å². The Balaban J connectivity index is 1.37. The van der Waals surface area contributed by atoms with Gasteiger partial charge in [0.2, 0.25) is 0 Å². The second kappa shape index (κ2) is 8.02. The minimum atomic E-state index is -0.396. The Morgan fingerprint density at radius 3 is 2.88 bits per heavy atom. The summed E-state index contributed by atoms with van der Waals surface area (Å²) in [5.74, 6) is 0. The molecule has 1 heterocycles. The molecule has 1 N–H and O–H groups in total. The van der Waals surface area contributed by atoms with E-state index in [4.69, 9.17) is 9.15 Å². The molecule has 1 amide bonds. The van der Waals surface area contributed by atoms with Crippen LogP contribution in [0.25, 0.3) is 17.0 Å². The van der Waals surface area contributed by atoms with Crippen LogP contribution >= 0.6 is 0 Å². The molecule has 3 aromatic rings. The summed E-state index contributed by atoms with van der Waals surface area (Å²) >= 11 is 0. The smallest absolute Gasteiger partial charge is 0.407 e. The van der Waals surface area contributed by atoms with Gasteiger partial charge < -0.3 is 14.5 Å². The first kappa shape index (κ1) is 15.9. The van der Waals surface area contributed by atoms with Crippen molar-refractivity contribution in [1.82, 2.24) is 5.32 Å². The fourth-order valence-corrected chi connectivity index (χ4v) is 2.34. The zero-order chi connectivity index (χ0) is 16.6. The van der Waals surface area contributed by atoms with E-state index in [9.17, 15) is 4.79 Å². The first-order valence-electron chi connectivity index (χ1n) is 7.89. The minimum Gasteiger partial charge on any atom is -0.464 e. The number of carbonyl (C=O) groups excluding carboxylic acids is 1. The Bertz CT molecular complexity index is 821. The van der Waals surface area contributed by atoms with Gasteiger partial charge in [-0.05, 0) is 35.7 Å². The van der Waals surface area contributed by atoms with E-state index < -0.39 is 6.09 Å². The lowest BCUT2D eigenvalue weighted by atomic mass is 10.1. The van der Waals surface area contributed by atoms with Crippen molar-refractivity contribution in [2.24, 2.45) is 0 Å². The van der Waals surface area contributed by atoms with E-state index in [-0.39, 0.29) is 6.61 Å². The molecule has 0 fully saturated rings. The number of rotatable bonds is 6. The third-order valence-corrected chi connectivity index (χ3v) is 3.58. The Labute approximate surface area is 140 Å². The van der Waals surface area contributed by atoms with Gasteiger partial charge in [-0.3, -0.25) is 0 Å². The highest BCUT2D eigenvalue weighted by Gasteiger charge is 2.01. The molecule has 4 nitrogen and oxygen atoms in total. The number of hydrogen-bond acceptors (Lipinski definition) is 3. The van der Waals surface area contributed by atoms with Crippen molar-refractivity contribution in [3.8, 4) is 0 Å². The van der Waals surface area contributed by atoms with Gasteiger partial charge in [0.15, 0.2) is 0 Å². The van der Waals surface area contributed by atoms with Gasteiger partial charge in [-0.15, -0.1) is 0 Å². The number of fused-ring (bicyclic) bond motifs is 1. The fourth-order valence-electron chi connectivity index (χ4n) is 2.34. The van der Waals surface area contributed by atoms with E-state index in [0.717, 1.165) is 28.5 Å². The molecule has 3 rings (SSSR count). The van der Waals surface area contributed by atoms with Crippen molar-refractivity contribution in [1.29, 1.82) is 0 Å². The van der Waals surface area contributed by atoms with Gasteiger partial charge in [0.1, 0.15) is 12.2 Å². The van der Waals surface area contributed by atoms with Gasteiger partial charge in [0.25, 0.3) is 0 Å². The molecule has 0 saturated heterocycles. The molecular weight excluding hydrogens is 302 g/mol. The van der Waals surface area contributed by atoms with Gasteiger partial charge in [-0.1, -0.05) is 48.6 Å². The molecule has 0 aliphatic rings. The molecular formula is C20H19NO3. The zero-order valence-electron chi connectivity index (χ0n) is 13.3. The number of nitrogens with one attached hydrogen (secondary N) is 1. The van der Waals surface area contributed by atoms with E-state index in [1.807, 2.05) is 60.7 Å². The Hall–Kier alpha value is -3.01. The van der Waals surface area contributed by atoms with E-state index in [1.165, 1.54) is 0 Å². The second-order valence-electron chi connectivity index (χ2n) is 5.40. The van der Waals surface area contributed by atoms with Crippen LogP contribution < -0.4 is 5.32 Å². The maximum absolute atomic E-state index is 11.6. The first-order chi connectivity index (χ1) is 11.8. The second-order valence-corrected chi connectivity index (χ2v) is 5.40. The summed E-state index contributed by atoms with van der Waals surface area (Å²) in [6.45, 7) is 0.825. The quantitative estimate of drug-likeness (QED) is 0.666. The third-order valence-electron chi connectivity index (χ3n) is 3.58. The van der Waals surface area contributed by atoms with E-state index in [2.05, 4.69) is 11.4 Å². The van der Waals surface area contributed by atoms with Crippen LogP contribution in [-0.2, 0) is 11.3 Å². The summed E-state index contributed by atoms with van der Waals surface area (Å²) in [6, 6.07) is 17.6. The van der Waals surface area contributed by atoms with Gasteiger partial charge in [0, 0.05) is 11.9 Å². The van der Waals surface area contributed by atoms with Crippen LogP contribution in [0.2, 0.25) is 0 Å². The number of ether oxygens (including phenoxy) is 1. The number of furan rings is 1. The molecule has 0 saturated carbocycles. The highest BCUT2D eigenvalue weighted by molar-refractivity contribution is 5.79. The number of amides is 1. The molecule has 0 spiro atoms. The first-order valence-corrected chi connectivity index (χ1v) is 7.89. The van der Waals surface area contributed by atoms with Crippen molar-refractivity contribution >= 4 is 23.1 Å². The van der Waals surface area contributed by atoms with Crippen molar-refractivity contribution in [2.75, 3.05) is 6.54 Å². The lowest BCUT2D eigenvalue weighted by molar-refractivity contribution is 0.140. The SMILES string of the molecule is O=C(NCCC=Cc1ccc2occc2c1)OCc1ccccc1. The Kier molecular flexibility index (Phi) is 5.30. The van der Waals surface area contributed by atoms with Crippen LogP contribution in [0, 0.1) is 0 Å². The summed E-state index contributed by atoms with van der Waals surface area (Å²) < 4.78 is 10.5. The van der Waals surface area contributed by atoms with Gasteiger partial charge >= 0.3 is 6.09 Å². The molecule has 0 bridgehead atoms. The topological polar surface area (TPSA) is 51.5 Å². The Morgan fingerprint density at radius 2 is 2.00 bits per heavy atom. The average Bonchev–Trinajstić information content (AvgIpc) is 3.08. The molecule has 1 aromatic heterocycles. The fraction of sp³-hybridized carbons (Fsp3) is 0.150. The normalized spacial score (nSPS) is 11.0. The predicted molar refractivity (Wildman–Crippen MR) is 94.5 cm³/mol. The summed E-state index contributed by atoms with van der Waals surface area (Å²) in [5, 5.41) is 3.82. The molecule has 0 aliphatic heterocycles. The van der Waals surface area contributed by atoms with Crippen molar-refractivity contribution in [2.45, 2.75) is 13.0 Å². The molecule has 0 unspecified atom stereocenters. The number of alkyl carbamates (subject to hydrolysis) is 1. The van der Waals surface area contributed by atoms with Gasteiger partial charge in [-0.25, -0.2) is 4.79 Å². The van der Waals surface area contributed by atoms with Gasteiger partial charge in [-0.2, -0.15) is 0 Å². The summed E-state index contributed by atoms with van der Waals surface area (Å²) in [4.78, 5) is 11.6. The molecule has 0 radical (unpaired) electrons. The van der Waals surface area contributed by atoms with Crippen LogP contribution in [0.5, 0.6) is 0 Å². The summed E-state index contributed by atoms with van der Waals surface area (Å²) in [7, 11) is 0. The maximum Gasteiger partial charge on any atom is 0.407 e. The largest absolute Gasteiger partial charge is 0.464 e. The number of benzene rings is 2. The molecule has 0 atom stereocenters. The van der Waals surface area contributed by atoms with Crippen LogP contribution in [0.3, 0.4) is 0 Å². The monoisotopic (exact) mass is 321 g/mol. The third kappa shape index (κ3) is 4.49. The van der Waals surface area contributed by atoms with E-state index >= 15 is 0 Å². The van der Waals surface area contributed by atoms with Crippen molar-refractivity contribution in [3.63, 3.8) is 0 Å². The lowest BCUT2D eigenvalue weighted by Gasteiger charge is -2.05. The molecule has 2 aromatic carbocycles. The van der Waals surface area contributed by atoms with Gasteiger partial charge in [0.05, 0.1) is 6.26 Å². The number of carbonyl (C=O) groups is 1. The minimum absolute atomic E-state index is 0.285. The van der Waals surface area contributed by atoms with E-state index in [1.54, 1.807) is 6.26 Å². The predicted octanol–water partition coefficient (Wildman–Crippen LogP) is 4.76. The van der Waals surface area contributed by atoms with Crippen molar-refractivity contribution in [3.05, 3.63) is 78.1 Å². The van der Waals surface area contributed by atoms with E-state index in [0.29, 0.717) is 6.54 Å². The zero-order valence-corrected chi connectivity index (χ0v) is 13.3. The molecule has 4 heteroatoms. The summed E-state index contributed by atoms with van der Waals surface area (Å²) in [5.41, 5.74) is 2.97. The number of hydrogen-bond donors (Lipinski definition) is 1. The molecule has 122 valence electrons. The molecule has 0 aliphatic carbocycles. The maximum atomic E-state index is 11.6. The Morgan fingerprint density at radius 1 is 1.12 bits per heavy atom. The highest BCUT2D eigenvalue weighted by atomic mass is 16.5. The van der Waals surface area contributed by atoms with Crippen LogP contribution in [0.15, 0.2) is 71.4 Å². The van der Waals surface area contributed by atoms with Crippen LogP contribution in [-0.4, -0.2) is 12.6 Å². The summed E-state index contributed by atoms with van der Waals surface area (Å²) in [6.07, 6.45) is 6.09. The van der Waals surface area contributed by atoms with Crippen LogP contribution in [0.1, 0.15) is 17.5 Å².